The van der Waals surface area contributed by atoms with Crippen molar-refractivity contribution in [1.29, 1.82) is 0 Å². The van der Waals surface area contributed by atoms with E-state index in [9.17, 15) is 9.59 Å². The number of nitrogens with zero attached hydrogens (tertiary/aromatic N) is 3. The highest BCUT2D eigenvalue weighted by Gasteiger charge is 2.25. The van der Waals surface area contributed by atoms with E-state index >= 15 is 0 Å². The van der Waals surface area contributed by atoms with E-state index in [1.807, 2.05) is 6.92 Å². The number of aromatic nitrogens is 4. The van der Waals surface area contributed by atoms with Crippen LogP contribution in [0.15, 0.2) is 23.0 Å². The van der Waals surface area contributed by atoms with E-state index in [1.165, 1.54) is 10.7 Å². The first-order valence-corrected chi connectivity index (χ1v) is 6.52. The molecule has 104 valence electrons. The molecule has 0 unspecified atom stereocenters. The largest absolute Gasteiger partial charge is 0.308 e. The molecule has 1 amide bonds. The van der Waals surface area contributed by atoms with Gasteiger partial charge in [0.25, 0.3) is 5.56 Å². The third-order valence-corrected chi connectivity index (χ3v) is 3.15. The summed E-state index contributed by atoms with van der Waals surface area (Å²) in [5.74, 6) is 0.567. The number of aromatic amines is 1. The molecule has 2 heterocycles. The van der Waals surface area contributed by atoms with Crippen molar-refractivity contribution < 1.29 is 4.79 Å². The van der Waals surface area contributed by atoms with Crippen LogP contribution in [0.4, 0.5) is 5.82 Å². The summed E-state index contributed by atoms with van der Waals surface area (Å²) in [5.41, 5.74) is 1.46. The van der Waals surface area contributed by atoms with Crippen LogP contribution in [0.3, 0.4) is 0 Å². The highest BCUT2D eigenvalue weighted by atomic mass is 16.2. The maximum Gasteiger partial charge on any atom is 0.267 e. The van der Waals surface area contributed by atoms with Gasteiger partial charge in [0, 0.05) is 23.7 Å². The average molecular weight is 273 g/mol. The molecule has 0 saturated heterocycles. The van der Waals surface area contributed by atoms with Crippen LogP contribution >= 0.6 is 0 Å². The second-order valence-corrected chi connectivity index (χ2v) is 5.01. The first kappa shape index (κ1) is 12.6. The number of amides is 1. The number of carbonyl (C=O) groups is 1. The summed E-state index contributed by atoms with van der Waals surface area (Å²) in [4.78, 5) is 23.6. The summed E-state index contributed by atoms with van der Waals surface area (Å²) in [7, 11) is 0. The molecule has 3 rings (SSSR count). The molecule has 0 aromatic carbocycles. The summed E-state index contributed by atoms with van der Waals surface area (Å²) >= 11 is 0. The van der Waals surface area contributed by atoms with E-state index < -0.39 is 0 Å². The predicted octanol–water partition coefficient (Wildman–Crippen LogP) is 0.791. The summed E-state index contributed by atoms with van der Waals surface area (Å²) in [6, 6.07) is 4.92. The molecule has 0 spiro atoms. The summed E-state index contributed by atoms with van der Waals surface area (Å²) < 4.78 is 1.20. The fraction of sp³-hybridized carbons (Fsp3) is 0.385. The molecular weight excluding hydrogens is 258 g/mol. The van der Waals surface area contributed by atoms with Gasteiger partial charge in [-0.3, -0.25) is 14.7 Å². The third kappa shape index (κ3) is 2.76. The lowest BCUT2D eigenvalue weighted by molar-refractivity contribution is -0.117. The fourth-order valence-electron chi connectivity index (χ4n) is 1.98. The number of carbonyl (C=O) groups excluding carboxylic acids is 1. The standard InChI is InChI=1S/C13H15N5O2/c1-8-6-11(16-15-8)14-12(19)7-18-13(20)5-4-10(17-18)9-2-3-9/h4-6,9H,2-3,7H2,1H3,(H2,14,15,16,19). The summed E-state index contributed by atoms with van der Waals surface area (Å²) in [5, 5.41) is 13.5. The Labute approximate surface area is 115 Å². The molecule has 1 aliphatic rings. The number of H-pyrrole nitrogens is 1. The first-order valence-electron chi connectivity index (χ1n) is 6.52. The number of anilines is 1. The van der Waals surface area contributed by atoms with E-state index in [4.69, 9.17) is 0 Å². The lowest BCUT2D eigenvalue weighted by atomic mass is 10.3. The molecule has 2 aromatic heterocycles. The van der Waals surface area contributed by atoms with E-state index in [0.717, 1.165) is 24.2 Å². The average Bonchev–Trinajstić information content (AvgIpc) is 3.17. The Hall–Kier alpha value is -2.44. The lowest BCUT2D eigenvalue weighted by Crippen LogP contribution is -2.29. The Balaban J connectivity index is 1.71. The Kier molecular flexibility index (Phi) is 3.09. The molecule has 1 aliphatic carbocycles. The molecule has 2 N–H and O–H groups in total. The van der Waals surface area contributed by atoms with Gasteiger partial charge in [-0.1, -0.05) is 0 Å². The van der Waals surface area contributed by atoms with Crippen LogP contribution in [0.5, 0.6) is 0 Å². The summed E-state index contributed by atoms with van der Waals surface area (Å²) in [6.45, 7) is 1.74. The molecule has 0 aliphatic heterocycles. The van der Waals surface area contributed by atoms with Crippen LogP contribution in [0.25, 0.3) is 0 Å². The zero-order chi connectivity index (χ0) is 14.1. The van der Waals surface area contributed by atoms with E-state index in [2.05, 4.69) is 20.6 Å². The molecular formula is C13H15N5O2. The van der Waals surface area contributed by atoms with Gasteiger partial charge in [0.15, 0.2) is 5.82 Å². The zero-order valence-electron chi connectivity index (χ0n) is 11.1. The minimum atomic E-state index is -0.320. The second-order valence-electron chi connectivity index (χ2n) is 5.01. The monoisotopic (exact) mass is 273 g/mol. The van der Waals surface area contributed by atoms with Crippen LogP contribution in [0.2, 0.25) is 0 Å². The number of rotatable bonds is 4. The highest BCUT2D eigenvalue weighted by molar-refractivity contribution is 5.89. The van der Waals surface area contributed by atoms with Gasteiger partial charge in [0.1, 0.15) is 6.54 Å². The normalized spacial score (nSPS) is 14.2. The van der Waals surface area contributed by atoms with Crippen LogP contribution in [0, 0.1) is 6.92 Å². The maximum absolute atomic E-state index is 11.9. The van der Waals surface area contributed by atoms with Crippen molar-refractivity contribution in [2.45, 2.75) is 32.2 Å². The topological polar surface area (TPSA) is 92.7 Å². The Morgan fingerprint density at radius 3 is 2.95 bits per heavy atom. The van der Waals surface area contributed by atoms with Gasteiger partial charge in [-0.2, -0.15) is 10.2 Å². The predicted molar refractivity (Wildman–Crippen MR) is 72.4 cm³/mol. The van der Waals surface area contributed by atoms with E-state index in [1.54, 1.807) is 12.1 Å². The van der Waals surface area contributed by atoms with Gasteiger partial charge >= 0.3 is 0 Å². The molecule has 0 atom stereocenters. The Morgan fingerprint density at radius 1 is 1.50 bits per heavy atom. The quantitative estimate of drug-likeness (QED) is 0.861. The van der Waals surface area contributed by atoms with Crippen molar-refractivity contribution in [2.75, 3.05) is 5.32 Å². The third-order valence-electron chi connectivity index (χ3n) is 3.15. The number of hydrogen-bond acceptors (Lipinski definition) is 4. The first-order chi connectivity index (χ1) is 9.61. The van der Waals surface area contributed by atoms with Crippen molar-refractivity contribution in [2.24, 2.45) is 0 Å². The van der Waals surface area contributed by atoms with Crippen LogP contribution in [-0.4, -0.2) is 25.9 Å². The van der Waals surface area contributed by atoms with E-state index in [-0.39, 0.29) is 18.0 Å². The number of hydrogen-bond donors (Lipinski definition) is 2. The van der Waals surface area contributed by atoms with Gasteiger partial charge in [0.2, 0.25) is 5.91 Å². The SMILES string of the molecule is Cc1cc(NC(=O)Cn2nc(C3CC3)ccc2=O)n[nH]1. The van der Waals surface area contributed by atoms with Crippen molar-refractivity contribution in [3.05, 3.63) is 39.9 Å². The highest BCUT2D eigenvalue weighted by Crippen LogP contribution is 2.38. The molecule has 7 heteroatoms. The van der Waals surface area contributed by atoms with Crippen LogP contribution < -0.4 is 10.9 Å². The lowest BCUT2D eigenvalue weighted by Gasteiger charge is -2.06. The van der Waals surface area contributed by atoms with Gasteiger partial charge in [0.05, 0.1) is 5.69 Å². The van der Waals surface area contributed by atoms with Gasteiger partial charge < -0.3 is 5.32 Å². The van der Waals surface area contributed by atoms with Crippen LogP contribution in [0.1, 0.15) is 30.1 Å². The van der Waals surface area contributed by atoms with Gasteiger partial charge in [-0.15, -0.1) is 0 Å². The Morgan fingerprint density at radius 2 is 2.30 bits per heavy atom. The molecule has 0 radical (unpaired) electrons. The number of aryl methyl sites for hydroxylation is 1. The van der Waals surface area contributed by atoms with Crippen LogP contribution in [-0.2, 0) is 11.3 Å². The Bertz CT molecular complexity index is 699. The molecule has 1 fully saturated rings. The van der Waals surface area contributed by atoms with Gasteiger partial charge in [-0.05, 0) is 25.8 Å². The minimum Gasteiger partial charge on any atom is -0.308 e. The summed E-state index contributed by atoms with van der Waals surface area (Å²) in [6.07, 6.45) is 2.20. The van der Waals surface area contributed by atoms with Gasteiger partial charge in [-0.25, -0.2) is 4.68 Å². The second kappa shape index (κ2) is 4.92. The van der Waals surface area contributed by atoms with Crippen molar-refractivity contribution in [3.63, 3.8) is 0 Å². The molecule has 1 saturated carbocycles. The molecule has 20 heavy (non-hydrogen) atoms. The maximum atomic E-state index is 11.9. The number of nitrogens with one attached hydrogen (secondary N) is 2. The van der Waals surface area contributed by atoms with Crippen molar-refractivity contribution in [1.82, 2.24) is 20.0 Å². The molecule has 0 bridgehead atoms. The fourth-order valence-corrected chi connectivity index (χ4v) is 1.98. The van der Waals surface area contributed by atoms with Crippen molar-refractivity contribution >= 4 is 11.7 Å². The molecule has 7 nitrogen and oxygen atoms in total. The molecule has 2 aromatic rings. The van der Waals surface area contributed by atoms with Crippen molar-refractivity contribution in [3.8, 4) is 0 Å². The van der Waals surface area contributed by atoms with E-state index in [0.29, 0.717) is 11.7 Å². The zero-order valence-corrected chi connectivity index (χ0v) is 11.1. The smallest absolute Gasteiger partial charge is 0.267 e. The minimum absolute atomic E-state index is 0.106.